The van der Waals surface area contributed by atoms with Gasteiger partial charge in [0.1, 0.15) is 5.78 Å². The van der Waals surface area contributed by atoms with Crippen LogP contribution in [0.25, 0.3) is 0 Å². The number of nitrogens with one attached hydrogen (secondary N) is 1. The van der Waals surface area contributed by atoms with Crippen molar-refractivity contribution in [2.24, 2.45) is 0 Å². The van der Waals surface area contributed by atoms with Crippen LogP contribution in [0.3, 0.4) is 0 Å². The lowest BCUT2D eigenvalue weighted by atomic mass is 10.1. The summed E-state index contributed by atoms with van der Waals surface area (Å²) in [5.74, 6) is 0.373. The van der Waals surface area contributed by atoms with Crippen LogP contribution in [0.5, 0.6) is 0 Å². The van der Waals surface area contributed by atoms with Crippen LogP contribution < -0.4 is 10.2 Å². The van der Waals surface area contributed by atoms with E-state index in [0.29, 0.717) is 12.5 Å². The molecule has 1 saturated heterocycles. The van der Waals surface area contributed by atoms with Gasteiger partial charge >= 0.3 is 0 Å². The van der Waals surface area contributed by atoms with Crippen molar-refractivity contribution >= 4 is 17.6 Å². The summed E-state index contributed by atoms with van der Waals surface area (Å²) in [6.45, 7) is 3.00. The number of Topliss-reactive ketones (excluding diaryl/α,β-unsaturated/α-hetero) is 1. The molecule has 0 bridgehead atoms. The van der Waals surface area contributed by atoms with E-state index in [9.17, 15) is 9.59 Å². The quantitative estimate of drug-likeness (QED) is 0.802. The normalized spacial score (nSPS) is 19.0. The maximum absolute atomic E-state index is 11.6. The number of rotatable bonds is 4. The molecule has 1 aromatic heterocycles. The van der Waals surface area contributed by atoms with Gasteiger partial charge in [-0.1, -0.05) is 0 Å². The number of amides is 1. The van der Waals surface area contributed by atoms with E-state index in [1.165, 1.54) is 6.92 Å². The summed E-state index contributed by atoms with van der Waals surface area (Å²) >= 11 is 0. The molecule has 1 atom stereocenters. The summed E-state index contributed by atoms with van der Waals surface area (Å²) in [5.41, 5.74) is 0. The minimum Gasteiger partial charge on any atom is -0.351 e. The summed E-state index contributed by atoms with van der Waals surface area (Å²) in [6.07, 6.45) is 5.27. The van der Waals surface area contributed by atoms with E-state index >= 15 is 0 Å². The molecular formula is C13H18N4O2. The number of ketones is 1. The number of hydrogen-bond acceptors (Lipinski definition) is 5. The zero-order valence-corrected chi connectivity index (χ0v) is 11.0. The van der Waals surface area contributed by atoms with Crippen LogP contribution in [0.4, 0.5) is 5.95 Å². The minimum atomic E-state index is -0.201. The van der Waals surface area contributed by atoms with Crippen molar-refractivity contribution in [2.75, 3.05) is 18.0 Å². The van der Waals surface area contributed by atoms with Crippen LogP contribution >= 0.6 is 0 Å². The maximum atomic E-state index is 11.6. The lowest BCUT2D eigenvalue weighted by molar-refractivity contribution is -0.127. The zero-order chi connectivity index (χ0) is 13.7. The predicted molar refractivity (Wildman–Crippen MR) is 70.7 cm³/mol. The second kappa shape index (κ2) is 6.26. The van der Waals surface area contributed by atoms with E-state index in [0.717, 1.165) is 19.4 Å². The zero-order valence-electron chi connectivity index (χ0n) is 11.0. The Kier molecular flexibility index (Phi) is 4.43. The van der Waals surface area contributed by atoms with Crippen LogP contribution in [0.15, 0.2) is 18.5 Å². The van der Waals surface area contributed by atoms with E-state index in [-0.39, 0.29) is 24.2 Å². The molecule has 0 saturated carbocycles. The fraction of sp³-hybridized carbons (Fsp3) is 0.538. The van der Waals surface area contributed by atoms with Crippen molar-refractivity contribution in [2.45, 2.75) is 32.2 Å². The van der Waals surface area contributed by atoms with Crippen molar-refractivity contribution in [3.05, 3.63) is 18.5 Å². The monoisotopic (exact) mass is 262 g/mol. The van der Waals surface area contributed by atoms with Crippen LogP contribution in [0, 0.1) is 0 Å². The van der Waals surface area contributed by atoms with Crippen LogP contribution in [-0.2, 0) is 9.59 Å². The molecule has 2 rings (SSSR count). The van der Waals surface area contributed by atoms with Crippen molar-refractivity contribution in [3.63, 3.8) is 0 Å². The number of anilines is 1. The van der Waals surface area contributed by atoms with Gasteiger partial charge in [0.15, 0.2) is 0 Å². The first-order valence-electron chi connectivity index (χ1n) is 6.46. The van der Waals surface area contributed by atoms with Crippen LogP contribution in [0.1, 0.15) is 26.2 Å². The van der Waals surface area contributed by atoms with Crippen molar-refractivity contribution < 1.29 is 9.59 Å². The van der Waals surface area contributed by atoms with Gasteiger partial charge in [-0.3, -0.25) is 9.59 Å². The highest BCUT2D eigenvalue weighted by molar-refractivity contribution is 5.96. The number of nitrogens with zero attached hydrogens (tertiary/aromatic N) is 3. The molecule has 19 heavy (non-hydrogen) atoms. The highest BCUT2D eigenvalue weighted by Gasteiger charge is 2.23. The Morgan fingerprint density at radius 2 is 2.16 bits per heavy atom. The molecule has 1 amide bonds. The summed E-state index contributed by atoms with van der Waals surface area (Å²) in [7, 11) is 0. The number of piperidine rings is 1. The molecule has 6 heteroatoms. The Balaban J connectivity index is 1.90. The molecule has 1 unspecified atom stereocenters. The topological polar surface area (TPSA) is 75.2 Å². The number of carbonyl (C=O) groups excluding carboxylic acids is 2. The Morgan fingerprint density at radius 1 is 1.42 bits per heavy atom. The highest BCUT2D eigenvalue weighted by atomic mass is 16.2. The van der Waals surface area contributed by atoms with Gasteiger partial charge in [-0.2, -0.15) is 0 Å². The number of carbonyl (C=O) groups is 2. The molecule has 1 N–H and O–H groups in total. The fourth-order valence-electron chi connectivity index (χ4n) is 2.24. The Hall–Kier alpha value is -1.98. The summed E-state index contributed by atoms with van der Waals surface area (Å²) in [5, 5.41) is 2.89. The summed E-state index contributed by atoms with van der Waals surface area (Å²) < 4.78 is 0. The van der Waals surface area contributed by atoms with Gasteiger partial charge in [0.2, 0.25) is 11.9 Å². The molecule has 6 nitrogen and oxygen atoms in total. The van der Waals surface area contributed by atoms with Gasteiger partial charge in [-0.25, -0.2) is 9.97 Å². The van der Waals surface area contributed by atoms with E-state index in [4.69, 9.17) is 0 Å². The lowest BCUT2D eigenvalue weighted by Gasteiger charge is -2.33. The Bertz CT molecular complexity index is 449. The van der Waals surface area contributed by atoms with Crippen molar-refractivity contribution in [1.29, 1.82) is 0 Å². The molecule has 102 valence electrons. The average Bonchev–Trinajstić information content (AvgIpc) is 2.39. The van der Waals surface area contributed by atoms with E-state index in [1.54, 1.807) is 18.5 Å². The fourth-order valence-corrected chi connectivity index (χ4v) is 2.24. The second-order valence-electron chi connectivity index (χ2n) is 4.78. The largest absolute Gasteiger partial charge is 0.351 e. The molecule has 1 fully saturated rings. The first-order chi connectivity index (χ1) is 9.15. The first-order valence-corrected chi connectivity index (χ1v) is 6.46. The van der Waals surface area contributed by atoms with Crippen molar-refractivity contribution in [1.82, 2.24) is 15.3 Å². The second-order valence-corrected chi connectivity index (χ2v) is 4.78. The highest BCUT2D eigenvalue weighted by Crippen LogP contribution is 2.15. The third-order valence-electron chi connectivity index (χ3n) is 3.03. The molecule has 2 heterocycles. The molecule has 1 aromatic rings. The van der Waals surface area contributed by atoms with E-state index in [1.807, 2.05) is 0 Å². The van der Waals surface area contributed by atoms with Gasteiger partial charge in [0.25, 0.3) is 0 Å². The molecule has 1 aliphatic rings. The predicted octanol–water partition coefficient (Wildman–Crippen LogP) is 0.541. The maximum Gasteiger partial charge on any atom is 0.227 e. The first kappa shape index (κ1) is 13.5. The molecule has 0 aliphatic carbocycles. The van der Waals surface area contributed by atoms with Crippen LogP contribution in [0.2, 0.25) is 0 Å². The molecule has 0 spiro atoms. The third kappa shape index (κ3) is 4.01. The van der Waals surface area contributed by atoms with Gasteiger partial charge in [-0.05, 0) is 25.8 Å². The lowest BCUT2D eigenvalue weighted by Crippen LogP contribution is -2.48. The number of aromatic nitrogens is 2. The standard InChI is InChI=1S/C13H18N4O2/c1-10(18)8-12(19)16-11-4-2-7-17(9-11)13-14-5-3-6-15-13/h3,5-6,11H,2,4,7-9H2,1H3,(H,16,19). The molecule has 1 aliphatic heterocycles. The van der Waals surface area contributed by atoms with Gasteiger partial charge in [-0.15, -0.1) is 0 Å². The van der Waals surface area contributed by atoms with Crippen LogP contribution in [-0.4, -0.2) is 40.8 Å². The molecule has 0 radical (unpaired) electrons. The van der Waals surface area contributed by atoms with Crippen molar-refractivity contribution in [3.8, 4) is 0 Å². The van der Waals surface area contributed by atoms with E-state index in [2.05, 4.69) is 20.2 Å². The van der Waals surface area contributed by atoms with Gasteiger partial charge < -0.3 is 10.2 Å². The van der Waals surface area contributed by atoms with Gasteiger partial charge in [0, 0.05) is 31.5 Å². The smallest absolute Gasteiger partial charge is 0.227 e. The minimum absolute atomic E-state index is 0.0433. The molecular weight excluding hydrogens is 244 g/mol. The van der Waals surface area contributed by atoms with Gasteiger partial charge in [0.05, 0.1) is 6.42 Å². The average molecular weight is 262 g/mol. The Morgan fingerprint density at radius 3 is 2.84 bits per heavy atom. The SMILES string of the molecule is CC(=O)CC(=O)NC1CCCN(c2ncccn2)C1. The summed E-state index contributed by atoms with van der Waals surface area (Å²) in [4.78, 5) is 33.0. The number of hydrogen-bond donors (Lipinski definition) is 1. The molecule has 0 aromatic carbocycles. The summed E-state index contributed by atoms with van der Waals surface area (Å²) in [6, 6.07) is 1.84. The van der Waals surface area contributed by atoms with E-state index < -0.39 is 0 Å². The third-order valence-corrected chi connectivity index (χ3v) is 3.03. The Labute approximate surface area is 112 Å².